The van der Waals surface area contributed by atoms with Crippen LogP contribution in [-0.2, 0) is 14.8 Å². The number of amides is 1. The summed E-state index contributed by atoms with van der Waals surface area (Å²) < 4.78 is 26.1. The van der Waals surface area contributed by atoms with Crippen LogP contribution in [0.15, 0.2) is 29.2 Å². The first kappa shape index (κ1) is 17.1. The monoisotopic (exact) mass is 312 g/mol. The lowest BCUT2D eigenvalue weighted by Crippen LogP contribution is -2.47. The second-order valence-electron chi connectivity index (χ2n) is 4.49. The van der Waals surface area contributed by atoms with Crippen molar-refractivity contribution in [3.63, 3.8) is 0 Å². The summed E-state index contributed by atoms with van der Waals surface area (Å²) in [5.74, 6) is -1.01. The maximum atomic E-state index is 12.2. The molecule has 8 heteroatoms. The molecule has 1 amide bonds. The number of aliphatic hydroxyl groups is 2. The number of nitriles is 1. The summed E-state index contributed by atoms with van der Waals surface area (Å²) >= 11 is 0. The van der Waals surface area contributed by atoms with Gasteiger partial charge >= 0.3 is 0 Å². The van der Waals surface area contributed by atoms with Crippen LogP contribution in [0.25, 0.3) is 0 Å². The van der Waals surface area contributed by atoms with E-state index in [0.29, 0.717) is 0 Å². The molecular weight excluding hydrogens is 296 g/mol. The number of rotatable bonds is 6. The van der Waals surface area contributed by atoms with E-state index in [-0.39, 0.29) is 16.9 Å². The molecule has 3 N–H and O–H groups in total. The maximum absolute atomic E-state index is 12.2. The van der Waals surface area contributed by atoms with Crippen molar-refractivity contribution in [2.45, 2.75) is 18.2 Å². The fourth-order valence-corrected chi connectivity index (χ4v) is 2.89. The van der Waals surface area contributed by atoms with Crippen molar-refractivity contribution >= 4 is 15.9 Å². The van der Waals surface area contributed by atoms with E-state index >= 15 is 0 Å². The molecule has 7 nitrogen and oxygen atoms in total. The summed E-state index contributed by atoms with van der Waals surface area (Å²) in [4.78, 5) is 11.7. The van der Waals surface area contributed by atoms with E-state index in [9.17, 15) is 23.4 Å². The average Bonchev–Trinajstić information content (AvgIpc) is 2.49. The quantitative estimate of drug-likeness (QED) is 0.664. The van der Waals surface area contributed by atoms with Gasteiger partial charge < -0.3 is 10.2 Å². The summed E-state index contributed by atoms with van der Waals surface area (Å²) in [6.45, 7) is 0.157. The second-order valence-corrected chi connectivity index (χ2v) is 6.14. The van der Waals surface area contributed by atoms with Crippen molar-refractivity contribution in [1.82, 2.24) is 4.72 Å². The number of nitrogens with zero attached hydrogens (tertiary/aromatic N) is 1. The number of hydrogen-bond donors (Lipinski definition) is 3. The first-order valence-corrected chi connectivity index (χ1v) is 7.63. The Hall–Kier alpha value is -1.95. The van der Waals surface area contributed by atoms with Crippen LogP contribution in [-0.4, -0.2) is 37.8 Å². The van der Waals surface area contributed by atoms with Gasteiger partial charge in [0.25, 0.3) is 10.0 Å². The van der Waals surface area contributed by atoms with Gasteiger partial charge in [0.05, 0.1) is 24.2 Å². The Labute approximate surface area is 122 Å². The van der Waals surface area contributed by atoms with E-state index in [4.69, 9.17) is 5.26 Å². The van der Waals surface area contributed by atoms with Crippen molar-refractivity contribution < 1.29 is 23.4 Å². The SMILES string of the molecule is CCC(CO)(CO)C(=O)NS(=O)(=O)c1ccccc1C#N. The van der Waals surface area contributed by atoms with Crippen molar-refractivity contribution in [3.8, 4) is 6.07 Å². The molecule has 0 unspecified atom stereocenters. The molecule has 0 aromatic heterocycles. The molecule has 21 heavy (non-hydrogen) atoms. The van der Waals surface area contributed by atoms with Gasteiger partial charge in [-0.1, -0.05) is 19.1 Å². The molecule has 1 rings (SSSR count). The van der Waals surface area contributed by atoms with Gasteiger partial charge in [0.1, 0.15) is 11.0 Å². The Morgan fingerprint density at radius 3 is 2.38 bits per heavy atom. The lowest BCUT2D eigenvalue weighted by Gasteiger charge is -2.26. The van der Waals surface area contributed by atoms with Gasteiger partial charge in [0.15, 0.2) is 0 Å². The predicted octanol–water partition coefficient (Wildman–Crippen LogP) is -0.256. The van der Waals surface area contributed by atoms with Crippen molar-refractivity contribution in [2.24, 2.45) is 5.41 Å². The third-order valence-electron chi connectivity index (χ3n) is 3.29. The molecule has 1 aromatic carbocycles. The standard InChI is InChI=1S/C13H16N2O5S/c1-2-13(8-16,9-17)12(18)15-21(19,20)11-6-4-3-5-10(11)7-14/h3-6,16-17H,2,8-9H2,1H3,(H,15,18). The molecule has 0 radical (unpaired) electrons. The van der Waals surface area contributed by atoms with Crippen molar-refractivity contribution in [2.75, 3.05) is 13.2 Å². The van der Waals surface area contributed by atoms with Crippen LogP contribution in [0.3, 0.4) is 0 Å². The molecule has 0 fully saturated rings. The van der Waals surface area contributed by atoms with Crippen molar-refractivity contribution in [3.05, 3.63) is 29.8 Å². The molecule has 0 saturated heterocycles. The first-order valence-electron chi connectivity index (χ1n) is 6.15. The van der Waals surface area contributed by atoms with E-state index in [2.05, 4.69) is 0 Å². The predicted molar refractivity (Wildman–Crippen MR) is 73.4 cm³/mol. The van der Waals surface area contributed by atoms with E-state index < -0.39 is 34.6 Å². The Morgan fingerprint density at radius 2 is 1.90 bits per heavy atom. The molecule has 1 aromatic rings. The van der Waals surface area contributed by atoms with Gasteiger partial charge in [0, 0.05) is 0 Å². The van der Waals surface area contributed by atoms with E-state index in [1.807, 2.05) is 0 Å². The Morgan fingerprint density at radius 1 is 1.33 bits per heavy atom. The number of aliphatic hydroxyl groups excluding tert-OH is 2. The second kappa shape index (κ2) is 6.67. The van der Waals surface area contributed by atoms with Gasteiger partial charge in [-0.15, -0.1) is 0 Å². The van der Waals surface area contributed by atoms with Gasteiger partial charge in [-0.2, -0.15) is 5.26 Å². The Balaban J connectivity index is 3.17. The average molecular weight is 312 g/mol. The molecule has 0 bridgehead atoms. The van der Waals surface area contributed by atoms with Gasteiger partial charge in [-0.05, 0) is 18.6 Å². The smallest absolute Gasteiger partial charge is 0.265 e. The van der Waals surface area contributed by atoms with Crippen LogP contribution < -0.4 is 4.72 Å². The number of hydrogen-bond acceptors (Lipinski definition) is 6. The van der Waals surface area contributed by atoms with Gasteiger partial charge in [-0.25, -0.2) is 13.1 Å². The minimum atomic E-state index is -4.26. The van der Waals surface area contributed by atoms with E-state index in [0.717, 1.165) is 0 Å². The summed E-state index contributed by atoms with van der Waals surface area (Å²) in [6, 6.07) is 7.15. The third-order valence-corrected chi connectivity index (χ3v) is 4.68. The zero-order valence-corrected chi connectivity index (χ0v) is 12.2. The topological polar surface area (TPSA) is 127 Å². The number of carbonyl (C=O) groups is 1. The number of sulfonamides is 1. The molecule has 0 atom stereocenters. The highest BCUT2D eigenvalue weighted by atomic mass is 32.2. The Kier molecular flexibility index (Phi) is 5.43. The first-order chi connectivity index (χ1) is 9.86. The molecule has 0 saturated carbocycles. The van der Waals surface area contributed by atoms with E-state index in [1.54, 1.807) is 17.7 Å². The zero-order valence-electron chi connectivity index (χ0n) is 11.4. The summed E-state index contributed by atoms with van der Waals surface area (Å²) in [6.07, 6.45) is 0.0568. The number of nitrogens with one attached hydrogen (secondary N) is 1. The highest BCUT2D eigenvalue weighted by Gasteiger charge is 2.38. The molecular formula is C13H16N2O5S. The van der Waals surface area contributed by atoms with Crippen LogP contribution in [0.5, 0.6) is 0 Å². The normalized spacial score (nSPS) is 11.7. The zero-order chi connectivity index (χ0) is 16.1. The van der Waals surface area contributed by atoms with Crippen LogP contribution in [0.2, 0.25) is 0 Å². The fourth-order valence-electron chi connectivity index (χ4n) is 1.66. The number of carbonyl (C=O) groups excluding carboxylic acids is 1. The molecule has 0 aliphatic carbocycles. The van der Waals surface area contributed by atoms with Crippen molar-refractivity contribution in [1.29, 1.82) is 5.26 Å². The molecule has 0 aliphatic rings. The summed E-state index contributed by atoms with van der Waals surface area (Å²) in [7, 11) is -4.26. The largest absolute Gasteiger partial charge is 0.395 e. The van der Waals surface area contributed by atoms with Crippen LogP contribution in [0.4, 0.5) is 0 Å². The lowest BCUT2D eigenvalue weighted by atomic mass is 9.86. The minimum absolute atomic E-state index is 0.0568. The maximum Gasteiger partial charge on any atom is 0.265 e. The number of benzene rings is 1. The third kappa shape index (κ3) is 3.39. The fraction of sp³-hybridized carbons (Fsp3) is 0.385. The molecule has 114 valence electrons. The molecule has 0 aliphatic heterocycles. The van der Waals surface area contributed by atoms with E-state index in [1.165, 1.54) is 24.3 Å². The van der Waals surface area contributed by atoms with Crippen LogP contribution >= 0.6 is 0 Å². The Bertz CT molecular complexity index is 651. The summed E-state index contributed by atoms with van der Waals surface area (Å²) in [5.41, 5.74) is -1.69. The lowest BCUT2D eigenvalue weighted by molar-refractivity contribution is -0.134. The van der Waals surface area contributed by atoms with Crippen LogP contribution in [0, 0.1) is 16.7 Å². The van der Waals surface area contributed by atoms with Crippen LogP contribution in [0.1, 0.15) is 18.9 Å². The highest BCUT2D eigenvalue weighted by molar-refractivity contribution is 7.90. The van der Waals surface area contributed by atoms with Gasteiger partial charge in [-0.3, -0.25) is 4.79 Å². The van der Waals surface area contributed by atoms with Gasteiger partial charge in [0.2, 0.25) is 5.91 Å². The molecule has 0 heterocycles. The summed E-state index contributed by atoms with van der Waals surface area (Å²) in [5, 5.41) is 27.4. The molecule has 0 spiro atoms. The highest BCUT2D eigenvalue weighted by Crippen LogP contribution is 2.22. The minimum Gasteiger partial charge on any atom is -0.395 e.